The number of nitrogens with zero attached hydrogens (tertiary/aromatic N) is 2. The first kappa shape index (κ1) is 17.6. The summed E-state index contributed by atoms with van der Waals surface area (Å²) in [6.07, 6.45) is 1.03. The van der Waals surface area contributed by atoms with Gasteiger partial charge in [0.05, 0.1) is 5.39 Å². The maximum Gasteiger partial charge on any atom is 0.274 e. The molecule has 0 bridgehead atoms. The van der Waals surface area contributed by atoms with Crippen LogP contribution in [0.4, 0.5) is 0 Å². The largest absolute Gasteiger partial charge is 0.346 e. The van der Waals surface area contributed by atoms with E-state index in [4.69, 9.17) is 0 Å². The van der Waals surface area contributed by atoms with Gasteiger partial charge in [0.25, 0.3) is 11.5 Å². The number of hydrogen-bond donors (Lipinski definition) is 2. The molecule has 6 nitrogen and oxygen atoms in total. The lowest BCUT2D eigenvalue weighted by atomic mass is 9.94. The molecule has 1 aromatic heterocycles. The van der Waals surface area contributed by atoms with Crippen molar-refractivity contribution in [1.82, 2.24) is 20.4 Å². The Labute approximate surface area is 147 Å². The van der Waals surface area contributed by atoms with Gasteiger partial charge in [0.2, 0.25) is 0 Å². The summed E-state index contributed by atoms with van der Waals surface area (Å²) in [5.74, 6) is 0.470. The molecule has 134 valence electrons. The third kappa shape index (κ3) is 3.74. The van der Waals surface area contributed by atoms with Gasteiger partial charge in [-0.2, -0.15) is 5.10 Å². The number of nitrogens with one attached hydrogen (secondary N) is 2. The lowest BCUT2D eigenvalue weighted by molar-refractivity contribution is 0.0909. The van der Waals surface area contributed by atoms with Crippen molar-refractivity contribution in [2.24, 2.45) is 11.8 Å². The van der Waals surface area contributed by atoms with Gasteiger partial charge < -0.3 is 10.6 Å². The lowest BCUT2D eigenvalue weighted by Crippen LogP contribution is -2.50. The maximum absolute atomic E-state index is 12.9. The molecule has 0 spiro atoms. The van der Waals surface area contributed by atoms with E-state index >= 15 is 0 Å². The molecular formula is C19H26N4O2. The second kappa shape index (κ2) is 7.35. The third-order valence-electron chi connectivity index (χ3n) is 4.76. The predicted octanol–water partition coefficient (Wildman–Crippen LogP) is 1.78. The van der Waals surface area contributed by atoms with Crippen LogP contribution in [0.25, 0.3) is 10.8 Å². The fourth-order valence-electron chi connectivity index (χ4n) is 3.29. The summed E-state index contributed by atoms with van der Waals surface area (Å²) in [4.78, 5) is 25.5. The van der Waals surface area contributed by atoms with E-state index in [1.165, 1.54) is 4.68 Å². The highest BCUT2D eigenvalue weighted by Gasteiger charge is 2.25. The van der Waals surface area contributed by atoms with Crippen molar-refractivity contribution in [3.8, 4) is 0 Å². The summed E-state index contributed by atoms with van der Waals surface area (Å²) < 4.78 is 1.42. The molecule has 0 radical (unpaired) electrons. The van der Waals surface area contributed by atoms with E-state index in [0.29, 0.717) is 28.9 Å². The van der Waals surface area contributed by atoms with Gasteiger partial charge in [-0.1, -0.05) is 39.0 Å². The van der Waals surface area contributed by atoms with Crippen molar-refractivity contribution in [1.29, 1.82) is 0 Å². The smallest absolute Gasteiger partial charge is 0.274 e. The highest BCUT2D eigenvalue weighted by molar-refractivity contribution is 6.04. The van der Waals surface area contributed by atoms with Crippen LogP contribution in [0.1, 0.15) is 37.7 Å². The number of benzene rings is 1. The standard InChI is InChI=1S/C19H26N4O2/c1-12(2)11-23-19(25)15-7-5-4-6-14(15)17(22-23)18(24)21-16-10-20-9-8-13(16)3/h4-7,12-13,16,20H,8-11H2,1-3H3,(H,21,24). The van der Waals surface area contributed by atoms with Gasteiger partial charge in [-0.3, -0.25) is 9.59 Å². The highest BCUT2D eigenvalue weighted by atomic mass is 16.2. The summed E-state index contributed by atoms with van der Waals surface area (Å²) in [6, 6.07) is 7.28. The Balaban J connectivity index is 2.00. The first-order valence-electron chi connectivity index (χ1n) is 8.98. The lowest BCUT2D eigenvalue weighted by Gasteiger charge is -2.30. The van der Waals surface area contributed by atoms with Crippen LogP contribution in [0.5, 0.6) is 0 Å². The van der Waals surface area contributed by atoms with Crippen LogP contribution < -0.4 is 16.2 Å². The zero-order valence-electron chi connectivity index (χ0n) is 15.1. The third-order valence-corrected chi connectivity index (χ3v) is 4.76. The molecular weight excluding hydrogens is 316 g/mol. The normalized spacial score (nSPS) is 20.8. The monoisotopic (exact) mass is 342 g/mol. The molecule has 0 aliphatic carbocycles. The van der Waals surface area contributed by atoms with E-state index in [2.05, 4.69) is 22.7 Å². The first-order chi connectivity index (χ1) is 12.0. The van der Waals surface area contributed by atoms with Crippen molar-refractivity contribution in [3.63, 3.8) is 0 Å². The Bertz CT molecular complexity index is 828. The Morgan fingerprint density at radius 3 is 2.76 bits per heavy atom. The van der Waals surface area contributed by atoms with Crippen LogP contribution in [0.2, 0.25) is 0 Å². The molecule has 25 heavy (non-hydrogen) atoms. The number of piperidine rings is 1. The van der Waals surface area contributed by atoms with Crippen LogP contribution >= 0.6 is 0 Å². The average molecular weight is 342 g/mol. The van der Waals surface area contributed by atoms with Gasteiger partial charge in [-0.15, -0.1) is 0 Å². The minimum atomic E-state index is -0.214. The molecule has 2 heterocycles. The van der Waals surface area contributed by atoms with Crippen LogP contribution in [-0.4, -0.2) is 34.8 Å². The minimum Gasteiger partial charge on any atom is -0.346 e. The fraction of sp³-hybridized carbons (Fsp3) is 0.526. The zero-order chi connectivity index (χ0) is 18.0. The summed E-state index contributed by atoms with van der Waals surface area (Å²) in [5, 5.41) is 12.0. The molecule has 2 N–H and O–H groups in total. The van der Waals surface area contributed by atoms with Crippen LogP contribution in [-0.2, 0) is 6.54 Å². The van der Waals surface area contributed by atoms with Crippen molar-refractivity contribution in [2.75, 3.05) is 13.1 Å². The molecule has 0 saturated carbocycles. The summed E-state index contributed by atoms with van der Waals surface area (Å²) in [6.45, 7) is 8.43. The van der Waals surface area contributed by atoms with Crippen molar-refractivity contribution >= 4 is 16.7 Å². The molecule has 3 rings (SSSR count). The van der Waals surface area contributed by atoms with Crippen molar-refractivity contribution < 1.29 is 4.79 Å². The molecule has 2 unspecified atom stereocenters. The maximum atomic E-state index is 12.9. The number of carbonyl (C=O) groups excluding carboxylic acids is 1. The summed E-state index contributed by atoms with van der Waals surface area (Å²) in [7, 11) is 0. The first-order valence-corrected chi connectivity index (χ1v) is 8.98. The van der Waals surface area contributed by atoms with Gasteiger partial charge >= 0.3 is 0 Å². The highest BCUT2D eigenvalue weighted by Crippen LogP contribution is 2.16. The molecule has 1 aliphatic heterocycles. The van der Waals surface area contributed by atoms with E-state index in [1.807, 2.05) is 26.0 Å². The van der Waals surface area contributed by atoms with Crippen molar-refractivity contribution in [3.05, 3.63) is 40.3 Å². The van der Waals surface area contributed by atoms with E-state index in [9.17, 15) is 9.59 Å². The topological polar surface area (TPSA) is 76.0 Å². The molecule has 1 fully saturated rings. The number of amides is 1. The van der Waals surface area contributed by atoms with E-state index in [0.717, 1.165) is 19.5 Å². The van der Waals surface area contributed by atoms with Gasteiger partial charge in [-0.05, 0) is 30.9 Å². The number of hydrogen-bond acceptors (Lipinski definition) is 4. The van der Waals surface area contributed by atoms with Crippen LogP contribution in [0, 0.1) is 11.8 Å². The molecule has 1 saturated heterocycles. The SMILES string of the molecule is CC(C)Cn1nc(C(=O)NC2CNCCC2C)c2ccccc2c1=O. The number of aromatic nitrogens is 2. The molecule has 1 aliphatic rings. The van der Waals surface area contributed by atoms with Gasteiger partial charge in [-0.25, -0.2) is 4.68 Å². The Kier molecular flexibility index (Phi) is 5.18. The Hall–Kier alpha value is -2.21. The molecule has 2 atom stereocenters. The van der Waals surface area contributed by atoms with Gasteiger partial charge in [0.15, 0.2) is 5.69 Å². The second-order valence-electron chi connectivity index (χ2n) is 7.33. The van der Waals surface area contributed by atoms with Gasteiger partial charge in [0.1, 0.15) is 0 Å². The summed E-state index contributed by atoms with van der Waals surface area (Å²) >= 11 is 0. The van der Waals surface area contributed by atoms with Crippen molar-refractivity contribution in [2.45, 2.75) is 39.8 Å². The zero-order valence-corrected chi connectivity index (χ0v) is 15.1. The number of fused-ring (bicyclic) bond motifs is 1. The average Bonchev–Trinajstić information content (AvgIpc) is 2.59. The minimum absolute atomic E-state index is 0.0762. The Morgan fingerprint density at radius 2 is 2.08 bits per heavy atom. The summed E-state index contributed by atoms with van der Waals surface area (Å²) in [5.41, 5.74) is 0.183. The predicted molar refractivity (Wildman–Crippen MR) is 98.7 cm³/mol. The van der Waals surface area contributed by atoms with E-state index in [-0.39, 0.29) is 23.4 Å². The van der Waals surface area contributed by atoms with E-state index in [1.54, 1.807) is 12.1 Å². The number of carbonyl (C=O) groups is 1. The fourth-order valence-corrected chi connectivity index (χ4v) is 3.29. The molecule has 1 aromatic carbocycles. The molecule has 6 heteroatoms. The second-order valence-corrected chi connectivity index (χ2v) is 7.33. The van der Waals surface area contributed by atoms with E-state index < -0.39 is 0 Å². The Morgan fingerprint density at radius 1 is 1.36 bits per heavy atom. The van der Waals surface area contributed by atoms with Gasteiger partial charge in [0, 0.05) is 24.5 Å². The number of rotatable bonds is 4. The quantitative estimate of drug-likeness (QED) is 0.888. The van der Waals surface area contributed by atoms with Crippen LogP contribution in [0.15, 0.2) is 29.1 Å². The molecule has 2 aromatic rings. The molecule has 1 amide bonds. The van der Waals surface area contributed by atoms with Crippen LogP contribution in [0.3, 0.4) is 0 Å².